The third-order valence-corrected chi connectivity index (χ3v) is 7.28. The number of aryl methyl sites for hydroxylation is 1. The maximum Gasteiger partial charge on any atom is 0.161 e. The van der Waals surface area contributed by atoms with Gasteiger partial charge in [-0.2, -0.15) is 5.26 Å². The number of fused-ring (bicyclic) bond motifs is 5. The van der Waals surface area contributed by atoms with E-state index in [9.17, 15) is 0 Å². The summed E-state index contributed by atoms with van der Waals surface area (Å²) in [4.78, 5) is 7.34. The van der Waals surface area contributed by atoms with Crippen molar-refractivity contribution in [1.82, 2.24) is 14.1 Å². The Balaban J connectivity index is 1.45. The third-order valence-electron chi connectivity index (χ3n) is 7.28. The summed E-state index contributed by atoms with van der Waals surface area (Å²) in [5.74, 6) is 1.78. The molecule has 0 amide bonds. The Morgan fingerprint density at radius 1 is 1.09 bits per heavy atom. The van der Waals surface area contributed by atoms with Gasteiger partial charge in [-0.15, -0.1) is 0 Å². The molecule has 2 aliphatic heterocycles. The molecule has 0 radical (unpaired) electrons. The molecular formula is C28H27N5. The topological polar surface area (TPSA) is 49.8 Å². The number of hydrogen-bond acceptors (Lipinski definition) is 3. The lowest BCUT2D eigenvalue weighted by atomic mass is 10.1. The van der Waals surface area contributed by atoms with Gasteiger partial charge < -0.3 is 9.47 Å². The van der Waals surface area contributed by atoms with E-state index in [4.69, 9.17) is 10.2 Å². The molecule has 0 aliphatic carbocycles. The summed E-state index contributed by atoms with van der Waals surface area (Å²) in [6.45, 7) is 7.53. The Morgan fingerprint density at radius 3 is 2.70 bits per heavy atom. The Labute approximate surface area is 194 Å². The molecule has 1 atom stereocenters. The first-order chi connectivity index (χ1) is 16.1. The second-order valence-electron chi connectivity index (χ2n) is 9.31. The highest BCUT2D eigenvalue weighted by Gasteiger charge is 2.25. The highest BCUT2D eigenvalue weighted by atomic mass is 15.2. The average Bonchev–Trinajstić information content (AvgIpc) is 3.56. The van der Waals surface area contributed by atoms with E-state index in [1.165, 1.54) is 29.8 Å². The van der Waals surface area contributed by atoms with E-state index in [0.29, 0.717) is 5.56 Å². The molecule has 0 spiro atoms. The van der Waals surface area contributed by atoms with Gasteiger partial charge in [-0.1, -0.05) is 25.5 Å². The highest BCUT2D eigenvalue weighted by molar-refractivity contribution is 5.73. The molecule has 5 heteroatoms. The molecule has 5 nitrogen and oxygen atoms in total. The van der Waals surface area contributed by atoms with Gasteiger partial charge in [-0.05, 0) is 66.8 Å². The van der Waals surface area contributed by atoms with Gasteiger partial charge in [-0.3, -0.25) is 4.57 Å². The quantitative estimate of drug-likeness (QED) is 0.362. The van der Waals surface area contributed by atoms with Crippen molar-refractivity contribution in [2.75, 3.05) is 18.0 Å². The van der Waals surface area contributed by atoms with Crippen LogP contribution in [0.25, 0.3) is 28.3 Å². The van der Waals surface area contributed by atoms with E-state index in [0.717, 1.165) is 53.9 Å². The summed E-state index contributed by atoms with van der Waals surface area (Å²) < 4.78 is 4.61. The average molecular weight is 434 g/mol. The number of nitrogens with zero attached hydrogens (tertiary/aromatic N) is 5. The number of hydrogen-bond donors (Lipinski definition) is 0. The van der Waals surface area contributed by atoms with Crippen LogP contribution < -0.4 is 4.90 Å². The Bertz CT molecular complexity index is 1380. The van der Waals surface area contributed by atoms with E-state index in [-0.39, 0.29) is 0 Å². The van der Waals surface area contributed by atoms with Gasteiger partial charge in [-0.25, -0.2) is 4.98 Å². The zero-order valence-corrected chi connectivity index (χ0v) is 19.1. The van der Waals surface area contributed by atoms with Crippen LogP contribution in [0.3, 0.4) is 0 Å². The van der Waals surface area contributed by atoms with Crippen LogP contribution in [0.2, 0.25) is 0 Å². The van der Waals surface area contributed by atoms with Gasteiger partial charge in [0.15, 0.2) is 5.82 Å². The molecule has 2 aliphatic rings. The standard InChI is InChI=1S/C28H27N5/c1-3-20-10-11-31(16-20)25-8-9-26-24(12-25)18-32-17-23(22-6-4-21(14-29)5-7-22)13-27(32)28-30-15-19(2)33(26)28/h4-9,12-13,15,17,20H,3,10-11,16,18H2,1-2H3/t20-/m0/s1. The van der Waals surface area contributed by atoms with Crippen LogP contribution in [0.15, 0.2) is 60.9 Å². The molecule has 164 valence electrons. The van der Waals surface area contributed by atoms with E-state index in [1.54, 1.807) is 0 Å². The van der Waals surface area contributed by atoms with E-state index >= 15 is 0 Å². The molecule has 0 N–H and O–H groups in total. The fourth-order valence-corrected chi connectivity index (χ4v) is 5.34. The molecule has 0 bridgehead atoms. The Morgan fingerprint density at radius 2 is 1.94 bits per heavy atom. The fourth-order valence-electron chi connectivity index (χ4n) is 5.34. The highest BCUT2D eigenvalue weighted by Crippen LogP contribution is 2.37. The van der Waals surface area contributed by atoms with E-state index in [2.05, 4.69) is 64.4 Å². The van der Waals surface area contributed by atoms with Gasteiger partial charge >= 0.3 is 0 Å². The van der Waals surface area contributed by atoms with Gasteiger partial charge in [0.25, 0.3) is 0 Å². The molecule has 2 aromatic carbocycles. The SMILES string of the molecule is CC[C@H]1CCN(c2ccc3c(c2)Cn2cc(-c4ccc(C#N)cc4)cc2-c2ncc(C)n2-3)C1. The maximum absolute atomic E-state index is 9.13. The van der Waals surface area contributed by atoms with Crippen molar-refractivity contribution in [2.45, 2.75) is 33.2 Å². The van der Waals surface area contributed by atoms with Crippen molar-refractivity contribution in [3.05, 3.63) is 77.7 Å². The van der Waals surface area contributed by atoms with Crippen LogP contribution in [-0.4, -0.2) is 27.2 Å². The summed E-state index contributed by atoms with van der Waals surface area (Å²) in [7, 11) is 0. The van der Waals surface area contributed by atoms with Crippen LogP contribution in [0, 0.1) is 24.2 Å². The molecular weight excluding hydrogens is 406 g/mol. The number of benzene rings is 2. The van der Waals surface area contributed by atoms with Crippen molar-refractivity contribution >= 4 is 5.69 Å². The molecule has 1 fully saturated rings. The third kappa shape index (κ3) is 3.25. The molecule has 0 unspecified atom stereocenters. The molecule has 33 heavy (non-hydrogen) atoms. The minimum Gasteiger partial charge on any atom is -0.371 e. The zero-order chi connectivity index (χ0) is 22.5. The molecule has 4 heterocycles. The van der Waals surface area contributed by atoms with Crippen molar-refractivity contribution in [2.24, 2.45) is 5.92 Å². The number of aromatic nitrogens is 3. The second kappa shape index (κ2) is 7.67. The predicted molar refractivity (Wildman–Crippen MR) is 132 cm³/mol. The van der Waals surface area contributed by atoms with Crippen LogP contribution in [0.1, 0.15) is 36.6 Å². The van der Waals surface area contributed by atoms with E-state index < -0.39 is 0 Å². The zero-order valence-electron chi connectivity index (χ0n) is 19.1. The van der Waals surface area contributed by atoms with Crippen molar-refractivity contribution < 1.29 is 0 Å². The first-order valence-electron chi connectivity index (χ1n) is 11.8. The molecule has 6 rings (SSSR count). The summed E-state index contributed by atoms with van der Waals surface area (Å²) >= 11 is 0. The maximum atomic E-state index is 9.13. The number of anilines is 1. The van der Waals surface area contributed by atoms with Gasteiger partial charge in [0.2, 0.25) is 0 Å². The van der Waals surface area contributed by atoms with Crippen LogP contribution in [0.4, 0.5) is 5.69 Å². The van der Waals surface area contributed by atoms with Crippen LogP contribution in [-0.2, 0) is 6.54 Å². The lowest BCUT2D eigenvalue weighted by Crippen LogP contribution is -2.20. The molecule has 2 aromatic heterocycles. The fraction of sp³-hybridized carbons (Fsp3) is 0.286. The van der Waals surface area contributed by atoms with E-state index in [1.807, 2.05) is 30.5 Å². The summed E-state index contributed by atoms with van der Waals surface area (Å²) in [5, 5.41) is 9.13. The molecule has 0 saturated carbocycles. The number of rotatable bonds is 3. The van der Waals surface area contributed by atoms with Gasteiger partial charge in [0.05, 0.1) is 23.0 Å². The number of imidazole rings is 1. The van der Waals surface area contributed by atoms with Gasteiger partial charge in [0.1, 0.15) is 0 Å². The van der Waals surface area contributed by atoms with Crippen molar-refractivity contribution in [3.63, 3.8) is 0 Å². The molecule has 4 aromatic rings. The largest absolute Gasteiger partial charge is 0.371 e. The van der Waals surface area contributed by atoms with Crippen molar-refractivity contribution in [3.8, 4) is 34.4 Å². The van der Waals surface area contributed by atoms with Crippen molar-refractivity contribution in [1.29, 1.82) is 5.26 Å². The van der Waals surface area contributed by atoms with Crippen LogP contribution >= 0.6 is 0 Å². The summed E-state index contributed by atoms with van der Waals surface area (Å²) in [6, 6.07) is 19.2. The summed E-state index contributed by atoms with van der Waals surface area (Å²) in [6.07, 6.45) is 6.72. The lowest BCUT2D eigenvalue weighted by molar-refractivity contribution is 0.569. The first kappa shape index (κ1) is 19.9. The normalized spacial score (nSPS) is 16.6. The summed E-state index contributed by atoms with van der Waals surface area (Å²) in [5.41, 5.74) is 9.06. The lowest BCUT2D eigenvalue weighted by Gasteiger charge is -2.21. The Kier molecular flexibility index (Phi) is 4.62. The van der Waals surface area contributed by atoms with Gasteiger partial charge in [0, 0.05) is 49.0 Å². The smallest absolute Gasteiger partial charge is 0.161 e. The minimum absolute atomic E-state index is 0.680. The minimum atomic E-state index is 0.680. The second-order valence-corrected chi connectivity index (χ2v) is 9.31. The predicted octanol–water partition coefficient (Wildman–Crippen LogP) is 5.79. The van der Waals surface area contributed by atoms with Crippen LogP contribution in [0.5, 0.6) is 0 Å². The number of nitriles is 1. The Hall–Kier alpha value is -3.78. The first-order valence-corrected chi connectivity index (χ1v) is 11.8. The molecule has 1 saturated heterocycles. The monoisotopic (exact) mass is 433 g/mol.